The molecule has 45 heavy (non-hydrogen) atoms. The van der Waals surface area contributed by atoms with Gasteiger partial charge in [-0.2, -0.15) is 4.98 Å². The molecule has 0 unspecified atom stereocenters. The van der Waals surface area contributed by atoms with Gasteiger partial charge in [-0.05, 0) is 38.8 Å². The second-order valence-corrected chi connectivity index (χ2v) is 13.8. The van der Waals surface area contributed by atoms with Gasteiger partial charge in [0.1, 0.15) is 18.5 Å². The lowest BCUT2D eigenvalue weighted by Crippen LogP contribution is -2.45. The molecule has 2 N–H and O–H groups in total. The van der Waals surface area contributed by atoms with Crippen molar-refractivity contribution in [2.24, 2.45) is 0 Å². The van der Waals surface area contributed by atoms with Crippen molar-refractivity contribution in [2.75, 3.05) is 93.9 Å². The molecule has 0 atom stereocenters. The van der Waals surface area contributed by atoms with E-state index in [2.05, 4.69) is 46.7 Å². The fraction of sp³-hybridized carbons (Fsp3) is 0.600. The number of ether oxygens (including phenoxy) is 3. The van der Waals surface area contributed by atoms with Crippen LogP contribution in [0.3, 0.4) is 0 Å². The fourth-order valence-corrected chi connectivity index (χ4v) is 6.43. The summed E-state index contributed by atoms with van der Waals surface area (Å²) >= 11 is 0. The third-order valence-corrected chi connectivity index (χ3v) is 9.06. The number of fused-ring (bicyclic) bond motifs is 1. The minimum Gasteiger partial charge on any atom is -0.489 e. The van der Waals surface area contributed by atoms with Gasteiger partial charge in [0.15, 0.2) is 5.75 Å². The molecular weight excluding hydrogens is 598 g/mol. The van der Waals surface area contributed by atoms with Gasteiger partial charge < -0.3 is 29.3 Å². The summed E-state index contributed by atoms with van der Waals surface area (Å²) < 4.78 is 44.1. The number of rotatable bonds is 11. The van der Waals surface area contributed by atoms with Crippen molar-refractivity contribution >= 4 is 38.4 Å². The van der Waals surface area contributed by atoms with Crippen LogP contribution in [-0.2, 0) is 14.8 Å². The number of likely N-dealkylation sites (N-methyl/N-ethyl adjacent to an activating group) is 1. The van der Waals surface area contributed by atoms with Crippen molar-refractivity contribution in [1.82, 2.24) is 29.7 Å². The number of aromatic nitrogens is 4. The average molecular weight is 642 g/mol. The van der Waals surface area contributed by atoms with Gasteiger partial charge >= 0.3 is 0 Å². The molecule has 2 aliphatic heterocycles. The Balaban J connectivity index is 1.04. The van der Waals surface area contributed by atoms with Gasteiger partial charge in [-0.15, -0.1) is 0 Å². The predicted octanol–water partition coefficient (Wildman–Crippen LogP) is 2.06. The summed E-state index contributed by atoms with van der Waals surface area (Å²) in [5.74, 6) is 2.50. The van der Waals surface area contributed by atoms with Crippen molar-refractivity contribution < 1.29 is 22.6 Å². The van der Waals surface area contributed by atoms with E-state index in [1.165, 1.54) is 6.20 Å². The monoisotopic (exact) mass is 641 g/mol. The number of pyridine rings is 2. The number of anilines is 3. The van der Waals surface area contributed by atoms with E-state index in [0.717, 1.165) is 83.6 Å². The summed E-state index contributed by atoms with van der Waals surface area (Å²) in [6.07, 6.45) is 9.47. The largest absolute Gasteiger partial charge is 0.489 e. The van der Waals surface area contributed by atoms with E-state index in [0.29, 0.717) is 54.0 Å². The van der Waals surface area contributed by atoms with Gasteiger partial charge in [0.05, 0.1) is 54.7 Å². The highest BCUT2D eigenvalue weighted by Gasteiger charge is 2.25. The number of hydrogen-bond donors (Lipinski definition) is 2. The van der Waals surface area contributed by atoms with Crippen LogP contribution in [0.2, 0.25) is 0 Å². The summed E-state index contributed by atoms with van der Waals surface area (Å²) in [5, 5.41) is 4.13. The van der Waals surface area contributed by atoms with Gasteiger partial charge in [0.25, 0.3) is 0 Å². The topological polar surface area (TPSA) is 147 Å². The van der Waals surface area contributed by atoms with Crippen LogP contribution in [0.4, 0.5) is 17.5 Å². The highest BCUT2D eigenvalue weighted by molar-refractivity contribution is 7.92. The molecule has 2 saturated heterocycles. The fourth-order valence-electron chi connectivity index (χ4n) is 5.89. The van der Waals surface area contributed by atoms with Gasteiger partial charge in [-0.1, -0.05) is 0 Å². The molecule has 0 bridgehead atoms. The molecule has 1 saturated carbocycles. The van der Waals surface area contributed by atoms with Crippen molar-refractivity contribution in [3.05, 3.63) is 30.7 Å². The normalized spacial score (nSPS) is 21.9. The van der Waals surface area contributed by atoms with E-state index < -0.39 is 10.0 Å². The molecule has 3 aromatic heterocycles. The summed E-state index contributed by atoms with van der Waals surface area (Å²) in [7, 11) is -1.30. The Hall–Kier alpha value is -3.53. The molecule has 0 amide bonds. The standard InChI is InChI=1S/C30H43N9O5S/c1-37-7-9-38(10-8-37)11-16-43-25-20-32-30(33-21-25)34-22-3-5-24(6-4-22)44-29-26-17-23(36-45(2,40)41)19-31-27(26)18-28(35-29)39-12-14-42-15-13-39/h17-22,24,36H,3-16H2,1-2H3,(H,32,33,34). The maximum absolute atomic E-state index is 11.9. The van der Waals surface area contributed by atoms with Gasteiger partial charge in [-0.25, -0.2) is 18.4 Å². The number of piperazine rings is 1. The maximum atomic E-state index is 11.9. The highest BCUT2D eigenvalue weighted by Crippen LogP contribution is 2.33. The minimum atomic E-state index is -3.46. The van der Waals surface area contributed by atoms with E-state index >= 15 is 0 Å². The number of nitrogens with zero attached hydrogens (tertiary/aromatic N) is 7. The Morgan fingerprint density at radius 1 is 0.956 bits per heavy atom. The molecule has 3 fully saturated rings. The number of sulfonamides is 1. The van der Waals surface area contributed by atoms with Crippen LogP contribution in [-0.4, -0.2) is 129 Å². The molecule has 3 aromatic rings. The van der Waals surface area contributed by atoms with Crippen LogP contribution in [0.1, 0.15) is 25.7 Å². The molecule has 244 valence electrons. The Morgan fingerprint density at radius 2 is 1.69 bits per heavy atom. The van der Waals surface area contributed by atoms with Gasteiger partial charge in [0.2, 0.25) is 21.9 Å². The van der Waals surface area contributed by atoms with E-state index in [-0.39, 0.29) is 12.1 Å². The molecule has 1 aliphatic carbocycles. The van der Waals surface area contributed by atoms with Crippen molar-refractivity contribution in [1.29, 1.82) is 0 Å². The Morgan fingerprint density at radius 3 is 2.40 bits per heavy atom. The summed E-state index contributed by atoms with van der Waals surface area (Å²) in [6, 6.07) is 3.88. The van der Waals surface area contributed by atoms with Crippen LogP contribution in [0.25, 0.3) is 10.9 Å². The summed E-state index contributed by atoms with van der Waals surface area (Å²) in [4.78, 5) is 25.3. The van der Waals surface area contributed by atoms with E-state index in [1.807, 2.05) is 6.07 Å². The molecule has 14 nitrogen and oxygen atoms in total. The second kappa shape index (κ2) is 14.3. The molecule has 6 rings (SSSR count). The quantitative estimate of drug-likeness (QED) is 0.315. The van der Waals surface area contributed by atoms with Crippen molar-refractivity contribution in [3.8, 4) is 11.6 Å². The first-order valence-electron chi connectivity index (χ1n) is 15.7. The molecule has 15 heteroatoms. The van der Waals surface area contributed by atoms with Crippen molar-refractivity contribution in [2.45, 2.75) is 37.8 Å². The Bertz CT molecular complexity index is 1520. The first-order valence-corrected chi connectivity index (χ1v) is 17.6. The number of morpholine rings is 1. The highest BCUT2D eigenvalue weighted by atomic mass is 32.2. The molecule has 5 heterocycles. The molecule has 0 aromatic carbocycles. The van der Waals surface area contributed by atoms with Crippen LogP contribution in [0, 0.1) is 0 Å². The van der Waals surface area contributed by atoms with Crippen LogP contribution in [0.5, 0.6) is 11.6 Å². The van der Waals surface area contributed by atoms with Gasteiger partial charge in [-0.3, -0.25) is 14.6 Å². The zero-order valence-corrected chi connectivity index (χ0v) is 26.8. The second-order valence-electron chi connectivity index (χ2n) is 12.0. The zero-order chi connectivity index (χ0) is 31.2. The first kappa shape index (κ1) is 31.5. The van der Waals surface area contributed by atoms with Crippen molar-refractivity contribution in [3.63, 3.8) is 0 Å². The predicted molar refractivity (Wildman–Crippen MR) is 173 cm³/mol. The minimum absolute atomic E-state index is 0.0396. The summed E-state index contributed by atoms with van der Waals surface area (Å²) in [5.41, 5.74) is 1.06. The third kappa shape index (κ3) is 8.81. The zero-order valence-electron chi connectivity index (χ0n) is 26.0. The number of hydrogen-bond acceptors (Lipinski definition) is 13. The maximum Gasteiger partial charge on any atom is 0.229 e. The first-order chi connectivity index (χ1) is 21.8. The average Bonchev–Trinajstić information content (AvgIpc) is 3.03. The lowest BCUT2D eigenvalue weighted by molar-refractivity contribution is 0.122. The van der Waals surface area contributed by atoms with Crippen LogP contribution in [0.15, 0.2) is 30.7 Å². The van der Waals surface area contributed by atoms with Crippen LogP contribution < -0.4 is 24.4 Å². The number of nitrogens with one attached hydrogen (secondary N) is 2. The van der Waals surface area contributed by atoms with Gasteiger partial charge in [0, 0.05) is 57.9 Å². The van der Waals surface area contributed by atoms with E-state index in [4.69, 9.17) is 19.2 Å². The molecular formula is C30H43N9O5S. The van der Waals surface area contributed by atoms with E-state index in [9.17, 15) is 8.42 Å². The lowest BCUT2D eigenvalue weighted by atomic mass is 9.93. The molecule has 0 spiro atoms. The van der Waals surface area contributed by atoms with Crippen LogP contribution >= 0.6 is 0 Å². The van der Waals surface area contributed by atoms with E-state index in [1.54, 1.807) is 18.5 Å². The Kier molecular flexibility index (Phi) is 9.97. The third-order valence-electron chi connectivity index (χ3n) is 8.46. The Labute approximate surface area is 264 Å². The molecule has 0 radical (unpaired) electrons. The smallest absolute Gasteiger partial charge is 0.229 e. The summed E-state index contributed by atoms with van der Waals surface area (Å²) in [6.45, 7) is 8.58. The molecule has 3 aliphatic rings. The SMILES string of the molecule is CN1CCN(CCOc2cnc(NC3CCC(Oc4nc(N5CCOCC5)cc5ncc(NS(C)(=O)=O)cc45)CC3)nc2)CC1. The lowest BCUT2D eigenvalue weighted by Gasteiger charge is -2.32.